The van der Waals surface area contributed by atoms with Gasteiger partial charge in [0.1, 0.15) is 11.8 Å². The Labute approximate surface area is 217 Å². The third kappa shape index (κ3) is 6.29. The van der Waals surface area contributed by atoms with Crippen molar-refractivity contribution in [3.63, 3.8) is 0 Å². The number of esters is 1. The molecule has 0 amide bonds. The first-order valence-corrected chi connectivity index (χ1v) is 13.6. The average molecular weight is 507 g/mol. The van der Waals surface area contributed by atoms with Crippen molar-refractivity contribution < 1.29 is 14.3 Å². The first-order chi connectivity index (χ1) is 17.6. The highest BCUT2D eigenvalue weighted by Gasteiger charge is 2.35. The highest BCUT2D eigenvalue weighted by Crippen LogP contribution is 2.37. The van der Waals surface area contributed by atoms with Crippen LogP contribution in [0.25, 0.3) is 0 Å². The Morgan fingerprint density at radius 2 is 1.83 bits per heavy atom. The molecule has 36 heavy (non-hydrogen) atoms. The number of rotatable bonds is 12. The molecule has 0 saturated heterocycles. The first-order valence-electron chi connectivity index (χ1n) is 12.6. The Morgan fingerprint density at radius 3 is 2.56 bits per heavy atom. The minimum Gasteiger partial charge on any atom is -0.493 e. The fourth-order valence-electron chi connectivity index (χ4n) is 4.02. The number of allylic oxidation sites excluding steroid dienone is 1. The number of hydrogen-bond donors (Lipinski definition) is 1. The number of thioether (sulfide) groups is 1. The Hall–Kier alpha value is -3.26. The Morgan fingerprint density at radius 1 is 1.06 bits per heavy atom. The van der Waals surface area contributed by atoms with E-state index in [1.54, 1.807) is 16.4 Å². The molecule has 0 spiro atoms. The SMILES string of the molecule is CCCCSc1nc2n(n1)C(c1ccc(OCCc3ccccc3)cc1)C(C(=O)OCCC)=C(C)N2. The van der Waals surface area contributed by atoms with Gasteiger partial charge in [0.2, 0.25) is 11.1 Å². The van der Waals surface area contributed by atoms with E-state index in [-0.39, 0.29) is 5.97 Å². The summed E-state index contributed by atoms with van der Waals surface area (Å²) in [7, 11) is 0. The standard InChI is InChI=1S/C28H34N4O3S/c1-4-6-19-36-28-30-27-29-20(3)24(26(33)35-17-5-2)25(32(27)31-28)22-12-14-23(15-13-22)34-18-16-21-10-8-7-9-11-21/h7-15,25H,4-6,16-19H2,1-3H3,(H,29,30,31). The van der Waals surface area contributed by atoms with E-state index in [4.69, 9.17) is 14.6 Å². The average Bonchev–Trinajstić information content (AvgIpc) is 3.30. The van der Waals surface area contributed by atoms with Gasteiger partial charge in [-0.15, -0.1) is 5.10 Å². The van der Waals surface area contributed by atoms with Crippen molar-refractivity contribution in [1.29, 1.82) is 0 Å². The van der Waals surface area contributed by atoms with E-state index in [9.17, 15) is 4.79 Å². The molecule has 2 aromatic carbocycles. The Balaban J connectivity index is 1.56. The largest absolute Gasteiger partial charge is 0.493 e. The predicted octanol–water partition coefficient (Wildman–Crippen LogP) is 6.03. The van der Waals surface area contributed by atoms with Crippen LogP contribution in [-0.2, 0) is 16.0 Å². The lowest BCUT2D eigenvalue weighted by Gasteiger charge is -2.28. The van der Waals surface area contributed by atoms with Crippen molar-refractivity contribution in [2.45, 2.75) is 57.7 Å². The summed E-state index contributed by atoms with van der Waals surface area (Å²) in [6.07, 6.45) is 3.82. The van der Waals surface area contributed by atoms with Gasteiger partial charge in [-0.1, -0.05) is 74.5 Å². The molecule has 0 aliphatic carbocycles. The summed E-state index contributed by atoms with van der Waals surface area (Å²) in [5, 5.41) is 8.73. The maximum absolute atomic E-state index is 13.1. The minimum absolute atomic E-state index is 0.337. The van der Waals surface area contributed by atoms with Crippen LogP contribution < -0.4 is 10.1 Å². The highest BCUT2D eigenvalue weighted by molar-refractivity contribution is 7.99. The van der Waals surface area contributed by atoms with Crippen molar-refractivity contribution in [3.8, 4) is 5.75 Å². The van der Waals surface area contributed by atoms with E-state index >= 15 is 0 Å². The van der Waals surface area contributed by atoms with Crippen LogP contribution in [0.15, 0.2) is 71.0 Å². The lowest BCUT2D eigenvalue weighted by Crippen LogP contribution is -2.29. The van der Waals surface area contributed by atoms with E-state index < -0.39 is 6.04 Å². The highest BCUT2D eigenvalue weighted by atomic mass is 32.2. The molecule has 4 rings (SSSR count). The molecule has 8 heteroatoms. The van der Waals surface area contributed by atoms with Crippen LogP contribution in [0.2, 0.25) is 0 Å². The van der Waals surface area contributed by atoms with Crippen molar-refractivity contribution in [3.05, 3.63) is 77.0 Å². The summed E-state index contributed by atoms with van der Waals surface area (Å²) in [5.41, 5.74) is 3.44. The second kappa shape index (κ2) is 12.6. The fourth-order valence-corrected chi connectivity index (χ4v) is 4.94. The van der Waals surface area contributed by atoms with Gasteiger partial charge >= 0.3 is 5.97 Å². The van der Waals surface area contributed by atoms with Crippen LogP contribution in [0.3, 0.4) is 0 Å². The zero-order valence-electron chi connectivity index (χ0n) is 21.2. The molecule has 1 N–H and O–H groups in total. The van der Waals surface area contributed by atoms with Crippen LogP contribution >= 0.6 is 11.8 Å². The van der Waals surface area contributed by atoms with Gasteiger partial charge in [-0.2, -0.15) is 4.98 Å². The van der Waals surface area contributed by atoms with Gasteiger partial charge in [-0.3, -0.25) is 0 Å². The summed E-state index contributed by atoms with van der Waals surface area (Å²) in [5.74, 6) is 2.04. The number of benzene rings is 2. The van der Waals surface area contributed by atoms with Crippen LogP contribution in [-0.4, -0.2) is 39.7 Å². The predicted molar refractivity (Wildman–Crippen MR) is 143 cm³/mol. The molecule has 1 unspecified atom stereocenters. The van der Waals surface area contributed by atoms with Gasteiger partial charge in [-0.05, 0) is 43.0 Å². The van der Waals surface area contributed by atoms with Crippen molar-refractivity contribution in [2.24, 2.45) is 0 Å². The topological polar surface area (TPSA) is 78.3 Å². The molecule has 7 nitrogen and oxygen atoms in total. The molecule has 0 bridgehead atoms. The normalized spacial score (nSPS) is 14.8. The monoisotopic (exact) mass is 506 g/mol. The number of unbranched alkanes of at least 4 members (excludes halogenated alkanes) is 1. The van der Waals surface area contributed by atoms with E-state index in [0.717, 1.165) is 48.4 Å². The van der Waals surface area contributed by atoms with Crippen molar-refractivity contribution in [2.75, 3.05) is 24.3 Å². The molecular weight excluding hydrogens is 472 g/mol. The number of aromatic nitrogens is 3. The number of anilines is 1. The molecule has 1 atom stereocenters. The van der Waals surface area contributed by atoms with E-state index in [0.29, 0.717) is 29.9 Å². The molecule has 0 radical (unpaired) electrons. The van der Waals surface area contributed by atoms with Gasteiger partial charge in [0, 0.05) is 17.9 Å². The number of fused-ring (bicyclic) bond motifs is 1. The number of hydrogen-bond acceptors (Lipinski definition) is 7. The summed E-state index contributed by atoms with van der Waals surface area (Å²) < 4.78 is 13.3. The molecule has 1 aliphatic heterocycles. The molecule has 3 aromatic rings. The van der Waals surface area contributed by atoms with Crippen LogP contribution in [0.1, 0.15) is 57.2 Å². The summed E-state index contributed by atoms with van der Waals surface area (Å²) in [6, 6.07) is 17.7. The van der Waals surface area contributed by atoms with E-state index in [1.807, 2.05) is 56.3 Å². The molecule has 1 aromatic heterocycles. The maximum Gasteiger partial charge on any atom is 0.338 e. The van der Waals surface area contributed by atoms with Gasteiger partial charge in [0.15, 0.2) is 0 Å². The first kappa shape index (κ1) is 25.8. The van der Waals surface area contributed by atoms with Crippen LogP contribution in [0.4, 0.5) is 5.95 Å². The van der Waals surface area contributed by atoms with E-state index in [2.05, 4.69) is 29.4 Å². The van der Waals surface area contributed by atoms with Gasteiger partial charge in [0.05, 0.1) is 18.8 Å². The van der Waals surface area contributed by atoms with Crippen molar-refractivity contribution in [1.82, 2.24) is 14.8 Å². The van der Waals surface area contributed by atoms with Gasteiger partial charge in [-0.25, -0.2) is 9.48 Å². The fraction of sp³-hybridized carbons (Fsp3) is 0.393. The number of nitrogens with zero attached hydrogens (tertiary/aromatic N) is 3. The second-order valence-corrected chi connectivity index (χ2v) is 9.78. The summed E-state index contributed by atoms with van der Waals surface area (Å²) >= 11 is 1.63. The zero-order valence-corrected chi connectivity index (χ0v) is 22.0. The number of nitrogens with one attached hydrogen (secondary N) is 1. The smallest absolute Gasteiger partial charge is 0.338 e. The second-order valence-electron chi connectivity index (χ2n) is 8.72. The third-order valence-corrected chi connectivity index (χ3v) is 6.84. The molecule has 0 fully saturated rings. The Kier molecular flexibility index (Phi) is 9.06. The van der Waals surface area contributed by atoms with Gasteiger partial charge in [0.25, 0.3) is 0 Å². The minimum atomic E-state index is -0.433. The van der Waals surface area contributed by atoms with Gasteiger partial charge < -0.3 is 14.8 Å². The Bertz CT molecular complexity index is 1180. The van der Waals surface area contributed by atoms with Crippen molar-refractivity contribution >= 4 is 23.7 Å². The third-order valence-electron chi connectivity index (χ3n) is 5.92. The molecule has 0 saturated carbocycles. The molecular formula is C28H34N4O3S. The summed E-state index contributed by atoms with van der Waals surface area (Å²) in [6.45, 7) is 7.00. The quantitative estimate of drug-likeness (QED) is 0.182. The summed E-state index contributed by atoms with van der Waals surface area (Å²) in [4.78, 5) is 17.8. The van der Waals surface area contributed by atoms with Crippen LogP contribution in [0.5, 0.6) is 5.75 Å². The number of carbonyl (C=O) groups excluding carboxylic acids is 1. The zero-order chi connectivity index (χ0) is 25.3. The lowest BCUT2D eigenvalue weighted by atomic mass is 9.96. The molecule has 190 valence electrons. The lowest BCUT2D eigenvalue weighted by molar-refractivity contribution is -0.139. The molecule has 2 heterocycles. The number of carbonyl (C=O) groups is 1. The van der Waals surface area contributed by atoms with E-state index in [1.165, 1.54) is 5.56 Å². The molecule has 1 aliphatic rings. The van der Waals surface area contributed by atoms with Crippen LogP contribution in [0, 0.1) is 0 Å². The maximum atomic E-state index is 13.1. The number of ether oxygens (including phenoxy) is 2.